The van der Waals surface area contributed by atoms with Crippen molar-refractivity contribution in [1.29, 1.82) is 0 Å². The summed E-state index contributed by atoms with van der Waals surface area (Å²) in [5.74, 6) is -0.550. The lowest BCUT2D eigenvalue weighted by Gasteiger charge is -2.12. The summed E-state index contributed by atoms with van der Waals surface area (Å²) in [4.78, 5) is 10.7. The molecule has 0 aliphatic carbocycles. The van der Waals surface area contributed by atoms with E-state index in [0.29, 0.717) is 33.5 Å². The molecule has 0 saturated carbocycles. The third-order valence-electron chi connectivity index (χ3n) is 2.79. The number of hydrogen-bond donors (Lipinski definition) is 1. The Morgan fingerprint density at radius 3 is 2.40 bits per heavy atom. The van der Waals surface area contributed by atoms with Gasteiger partial charge in [0.25, 0.3) is 0 Å². The minimum Gasteiger partial charge on any atom is -0.490 e. The second-order valence-corrected chi connectivity index (χ2v) is 5.30. The van der Waals surface area contributed by atoms with Crippen molar-refractivity contribution in [2.45, 2.75) is 33.1 Å². The second-order valence-electron chi connectivity index (χ2n) is 4.49. The molecule has 0 bridgehead atoms. The first-order valence-corrected chi connectivity index (χ1v) is 7.24. The van der Waals surface area contributed by atoms with Crippen molar-refractivity contribution in [2.75, 3.05) is 6.61 Å². The van der Waals surface area contributed by atoms with E-state index in [0.717, 1.165) is 25.3 Å². The average Bonchev–Trinajstić information content (AvgIpc) is 2.36. The summed E-state index contributed by atoms with van der Waals surface area (Å²) < 4.78 is 5.59. The van der Waals surface area contributed by atoms with Crippen LogP contribution in [0.4, 0.5) is 0 Å². The van der Waals surface area contributed by atoms with E-state index in [9.17, 15) is 4.79 Å². The van der Waals surface area contributed by atoms with E-state index >= 15 is 0 Å². The van der Waals surface area contributed by atoms with Gasteiger partial charge >= 0.3 is 5.97 Å². The zero-order valence-electron chi connectivity index (χ0n) is 11.6. The van der Waals surface area contributed by atoms with Gasteiger partial charge in [0.2, 0.25) is 0 Å². The zero-order chi connectivity index (χ0) is 15.1. The van der Waals surface area contributed by atoms with Crippen LogP contribution in [0.2, 0.25) is 10.0 Å². The summed E-state index contributed by atoms with van der Waals surface area (Å²) in [5.41, 5.74) is 1.25. The number of ether oxygens (including phenoxy) is 1. The van der Waals surface area contributed by atoms with Crippen molar-refractivity contribution in [3.05, 3.63) is 33.8 Å². The molecule has 0 amide bonds. The van der Waals surface area contributed by atoms with E-state index in [1.807, 2.05) is 0 Å². The number of rotatable bonds is 7. The molecular formula is C15H18Cl2O3. The van der Waals surface area contributed by atoms with Crippen LogP contribution in [0.1, 0.15) is 38.7 Å². The highest BCUT2D eigenvalue weighted by atomic mass is 35.5. The van der Waals surface area contributed by atoms with E-state index in [2.05, 4.69) is 6.92 Å². The van der Waals surface area contributed by atoms with Crippen LogP contribution in [-0.4, -0.2) is 17.7 Å². The highest BCUT2D eigenvalue weighted by Crippen LogP contribution is 2.36. The second kappa shape index (κ2) is 8.18. The first-order valence-electron chi connectivity index (χ1n) is 6.49. The van der Waals surface area contributed by atoms with E-state index in [1.165, 1.54) is 0 Å². The van der Waals surface area contributed by atoms with Gasteiger partial charge in [-0.25, -0.2) is 4.79 Å². The van der Waals surface area contributed by atoms with Gasteiger partial charge in [-0.05, 0) is 36.6 Å². The number of unbranched alkanes of at least 4 members (excludes halogenated alkanes) is 2. The Balaban J connectivity index is 2.89. The summed E-state index contributed by atoms with van der Waals surface area (Å²) >= 11 is 12.3. The van der Waals surface area contributed by atoms with E-state index in [-0.39, 0.29) is 0 Å². The van der Waals surface area contributed by atoms with Gasteiger partial charge in [0.1, 0.15) is 0 Å². The number of aliphatic carboxylic acids is 1. The smallest absolute Gasteiger partial charge is 0.328 e. The maximum Gasteiger partial charge on any atom is 0.328 e. The lowest BCUT2D eigenvalue weighted by Crippen LogP contribution is -1.99. The molecule has 1 rings (SSSR count). The van der Waals surface area contributed by atoms with Crippen molar-refractivity contribution in [3.8, 4) is 5.75 Å². The fraction of sp³-hybridized carbons (Fsp3) is 0.400. The summed E-state index contributed by atoms with van der Waals surface area (Å²) in [5, 5.41) is 9.52. The number of carboxylic acids is 1. The summed E-state index contributed by atoms with van der Waals surface area (Å²) in [7, 11) is 0. The molecule has 0 aliphatic heterocycles. The lowest BCUT2D eigenvalue weighted by molar-refractivity contribution is -0.131. The maximum absolute atomic E-state index is 10.7. The Kier molecular flexibility index (Phi) is 6.89. The highest BCUT2D eigenvalue weighted by molar-refractivity contribution is 6.37. The maximum atomic E-state index is 10.7. The molecule has 0 unspecified atom stereocenters. The summed E-state index contributed by atoms with van der Waals surface area (Å²) in [6, 6.07) is 3.33. The van der Waals surface area contributed by atoms with Crippen molar-refractivity contribution < 1.29 is 14.6 Å². The van der Waals surface area contributed by atoms with Crippen molar-refractivity contribution in [2.24, 2.45) is 0 Å². The molecule has 0 fully saturated rings. The molecule has 110 valence electrons. The van der Waals surface area contributed by atoms with Gasteiger partial charge in [-0.1, -0.05) is 43.0 Å². The number of allylic oxidation sites excluding steroid dienone is 1. The molecule has 3 nitrogen and oxygen atoms in total. The van der Waals surface area contributed by atoms with Crippen LogP contribution in [0, 0.1) is 0 Å². The van der Waals surface area contributed by atoms with E-state index in [4.69, 9.17) is 33.0 Å². The molecule has 5 heteroatoms. The highest BCUT2D eigenvalue weighted by Gasteiger charge is 2.11. The van der Waals surface area contributed by atoms with E-state index < -0.39 is 5.97 Å². The first-order chi connectivity index (χ1) is 9.45. The SMILES string of the molecule is CCCCCOc1c(Cl)cc(/C(C)=C\C(=O)O)cc1Cl. The van der Waals surface area contributed by atoms with Crippen LogP contribution >= 0.6 is 23.2 Å². The first kappa shape index (κ1) is 16.9. The molecule has 1 aromatic carbocycles. The largest absolute Gasteiger partial charge is 0.490 e. The molecule has 0 radical (unpaired) electrons. The Morgan fingerprint density at radius 1 is 1.30 bits per heavy atom. The number of benzene rings is 1. The quantitative estimate of drug-likeness (QED) is 0.565. The molecule has 0 atom stereocenters. The van der Waals surface area contributed by atoms with Crippen molar-refractivity contribution in [1.82, 2.24) is 0 Å². The Hall–Kier alpha value is -1.19. The summed E-state index contributed by atoms with van der Waals surface area (Å²) in [6.07, 6.45) is 4.27. The van der Waals surface area contributed by atoms with Gasteiger partial charge in [-0.2, -0.15) is 0 Å². The predicted molar refractivity (Wildman–Crippen MR) is 82.8 cm³/mol. The molecule has 0 heterocycles. The molecule has 0 aromatic heterocycles. The summed E-state index contributed by atoms with van der Waals surface area (Å²) in [6.45, 7) is 4.38. The zero-order valence-corrected chi connectivity index (χ0v) is 13.1. The normalized spacial score (nSPS) is 11.5. The van der Waals surface area contributed by atoms with Gasteiger partial charge in [-0.3, -0.25) is 0 Å². The Morgan fingerprint density at radius 2 is 1.90 bits per heavy atom. The van der Waals surface area contributed by atoms with E-state index in [1.54, 1.807) is 19.1 Å². The molecule has 0 aliphatic rings. The number of carbonyl (C=O) groups is 1. The molecule has 1 N–H and O–H groups in total. The van der Waals surface area contributed by atoms with Crippen LogP contribution < -0.4 is 4.74 Å². The fourth-order valence-electron chi connectivity index (χ4n) is 1.72. The number of hydrogen-bond acceptors (Lipinski definition) is 2. The van der Waals surface area contributed by atoms with Gasteiger partial charge in [0, 0.05) is 6.08 Å². The lowest BCUT2D eigenvalue weighted by atomic mass is 10.1. The van der Waals surface area contributed by atoms with Crippen molar-refractivity contribution >= 4 is 34.7 Å². The molecule has 20 heavy (non-hydrogen) atoms. The van der Waals surface area contributed by atoms with Crippen molar-refractivity contribution in [3.63, 3.8) is 0 Å². The third kappa shape index (κ3) is 5.06. The minimum absolute atomic E-state index is 0.391. The topological polar surface area (TPSA) is 46.5 Å². The Labute approximate surface area is 129 Å². The molecule has 1 aromatic rings. The monoisotopic (exact) mass is 316 g/mol. The molecule has 0 spiro atoms. The van der Waals surface area contributed by atoms with Crippen LogP contribution in [0.3, 0.4) is 0 Å². The van der Waals surface area contributed by atoms with Crippen LogP contribution in [0.5, 0.6) is 5.75 Å². The number of carboxylic acid groups (broad SMARTS) is 1. The molecular weight excluding hydrogens is 299 g/mol. The minimum atomic E-state index is -1.00. The van der Waals surface area contributed by atoms with Gasteiger partial charge in [0.15, 0.2) is 5.75 Å². The van der Waals surface area contributed by atoms with Crippen LogP contribution in [0.25, 0.3) is 5.57 Å². The fourth-order valence-corrected chi connectivity index (χ4v) is 2.32. The van der Waals surface area contributed by atoms with Crippen LogP contribution in [0.15, 0.2) is 18.2 Å². The Bertz CT molecular complexity index is 487. The average molecular weight is 317 g/mol. The van der Waals surface area contributed by atoms with Gasteiger partial charge in [-0.15, -0.1) is 0 Å². The third-order valence-corrected chi connectivity index (χ3v) is 3.35. The standard InChI is InChI=1S/C15H18Cl2O3/c1-3-4-5-6-20-15-12(16)8-11(9-13(15)17)10(2)7-14(18)19/h7-9H,3-6H2,1-2H3,(H,18,19)/b10-7-. The van der Waals surface area contributed by atoms with Gasteiger partial charge in [0.05, 0.1) is 16.7 Å². The van der Waals surface area contributed by atoms with Crippen LogP contribution in [-0.2, 0) is 4.79 Å². The van der Waals surface area contributed by atoms with Gasteiger partial charge < -0.3 is 9.84 Å². The predicted octanol–water partition coefficient (Wildman–Crippen LogP) is 5.05. The molecule has 0 saturated heterocycles. The number of halogens is 2.